The number of carbonyl (C=O) groups excluding carboxylic acids is 1. The molecule has 0 saturated carbocycles. The number of hydrogen-bond acceptors (Lipinski definition) is 1. The Morgan fingerprint density at radius 1 is 1.31 bits per heavy atom. The van der Waals surface area contributed by atoms with Crippen molar-refractivity contribution in [2.24, 2.45) is 5.92 Å². The zero-order valence-electron chi connectivity index (χ0n) is 7.45. The summed E-state index contributed by atoms with van der Waals surface area (Å²) in [6.45, 7) is 0. The Bertz CT molecular complexity index is 246. The molecule has 1 rings (SSSR count). The second-order valence-corrected chi connectivity index (χ2v) is 3.44. The van der Waals surface area contributed by atoms with Crippen LogP contribution in [0.2, 0.25) is 0 Å². The first kappa shape index (κ1) is 10.3. The van der Waals surface area contributed by atoms with Gasteiger partial charge in [0.15, 0.2) is 0 Å². The molecule has 0 aliphatic carbocycles. The van der Waals surface area contributed by atoms with Crippen molar-refractivity contribution in [1.82, 2.24) is 0 Å². The highest BCUT2D eigenvalue weighted by atomic mass is 35.5. The van der Waals surface area contributed by atoms with Crippen LogP contribution < -0.4 is 0 Å². The lowest BCUT2D eigenvalue weighted by atomic mass is 9.98. The van der Waals surface area contributed by atoms with Gasteiger partial charge < -0.3 is 4.79 Å². The van der Waals surface area contributed by atoms with E-state index in [4.69, 9.17) is 11.6 Å². The van der Waals surface area contributed by atoms with E-state index in [-0.39, 0.29) is 5.92 Å². The van der Waals surface area contributed by atoms with Gasteiger partial charge in [-0.15, -0.1) is 11.6 Å². The van der Waals surface area contributed by atoms with Gasteiger partial charge in [0.25, 0.3) is 0 Å². The summed E-state index contributed by atoms with van der Waals surface area (Å²) in [6, 6.07) is 10.0. The first-order valence-corrected chi connectivity index (χ1v) is 4.95. The zero-order valence-corrected chi connectivity index (χ0v) is 8.20. The van der Waals surface area contributed by atoms with Crippen molar-refractivity contribution in [2.45, 2.75) is 12.8 Å². The van der Waals surface area contributed by atoms with Crippen LogP contribution in [0, 0.1) is 5.92 Å². The first-order valence-electron chi connectivity index (χ1n) is 4.42. The molecule has 0 aliphatic heterocycles. The molecule has 0 radical (unpaired) electrons. The summed E-state index contributed by atoms with van der Waals surface area (Å²) in [5.74, 6) is 0.621. The van der Waals surface area contributed by atoms with Crippen LogP contribution in [-0.2, 0) is 11.2 Å². The van der Waals surface area contributed by atoms with Gasteiger partial charge in [-0.3, -0.25) is 0 Å². The first-order chi connectivity index (χ1) is 6.36. The molecule has 0 fully saturated rings. The maximum absolute atomic E-state index is 10.6. The average molecular weight is 197 g/mol. The minimum absolute atomic E-state index is 0.0694. The van der Waals surface area contributed by atoms with Crippen molar-refractivity contribution in [3.05, 3.63) is 35.9 Å². The molecule has 0 spiro atoms. The van der Waals surface area contributed by atoms with Crippen LogP contribution in [0.25, 0.3) is 0 Å². The van der Waals surface area contributed by atoms with E-state index in [1.165, 1.54) is 5.56 Å². The van der Waals surface area contributed by atoms with Crippen LogP contribution in [0.5, 0.6) is 0 Å². The van der Waals surface area contributed by atoms with Crippen molar-refractivity contribution >= 4 is 17.9 Å². The van der Waals surface area contributed by atoms with Gasteiger partial charge in [-0.2, -0.15) is 0 Å². The molecule has 1 atom stereocenters. The number of carbonyl (C=O) groups is 1. The summed E-state index contributed by atoms with van der Waals surface area (Å²) in [5, 5.41) is 0. The van der Waals surface area contributed by atoms with E-state index in [0.29, 0.717) is 5.88 Å². The average Bonchev–Trinajstić information content (AvgIpc) is 2.19. The van der Waals surface area contributed by atoms with Crippen molar-refractivity contribution in [3.63, 3.8) is 0 Å². The molecule has 0 aromatic heterocycles. The van der Waals surface area contributed by atoms with Crippen molar-refractivity contribution in [3.8, 4) is 0 Å². The Morgan fingerprint density at radius 3 is 2.54 bits per heavy atom. The van der Waals surface area contributed by atoms with E-state index in [0.717, 1.165) is 19.1 Å². The summed E-state index contributed by atoms with van der Waals surface area (Å²) in [7, 11) is 0. The molecule has 0 N–H and O–H groups in total. The quantitative estimate of drug-likeness (QED) is 0.523. The Kier molecular flexibility index (Phi) is 4.55. The number of hydrogen-bond donors (Lipinski definition) is 0. The predicted octanol–water partition coefficient (Wildman–Crippen LogP) is 2.67. The molecule has 2 heteroatoms. The molecule has 0 bridgehead atoms. The van der Waals surface area contributed by atoms with Crippen molar-refractivity contribution in [1.29, 1.82) is 0 Å². The lowest BCUT2D eigenvalue weighted by Gasteiger charge is -2.07. The van der Waals surface area contributed by atoms with E-state index >= 15 is 0 Å². The van der Waals surface area contributed by atoms with Gasteiger partial charge in [-0.1, -0.05) is 30.3 Å². The topological polar surface area (TPSA) is 17.1 Å². The highest BCUT2D eigenvalue weighted by Crippen LogP contribution is 2.10. The molecule has 0 amide bonds. The van der Waals surface area contributed by atoms with E-state index in [1.807, 2.05) is 30.3 Å². The standard InChI is InChI=1S/C11H13ClO/c12-7-6-11(9-13)8-10-4-2-1-3-5-10/h1-5,9,11H,6-8H2. The van der Waals surface area contributed by atoms with Crippen molar-refractivity contribution in [2.75, 3.05) is 5.88 Å². The summed E-state index contributed by atoms with van der Waals surface area (Å²) in [4.78, 5) is 10.6. The van der Waals surface area contributed by atoms with Gasteiger partial charge in [0.05, 0.1) is 0 Å². The molecule has 1 nitrogen and oxygen atoms in total. The SMILES string of the molecule is O=CC(CCCl)Cc1ccccc1. The fourth-order valence-corrected chi connectivity index (χ4v) is 1.56. The van der Waals surface area contributed by atoms with Gasteiger partial charge in [-0.25, -0.2) is 0 Å². The van der Waals surface area contributed by atoms with Crippen LogP contribution >= 0.6 is 11.6 Å². The van der Waals surface area contributed by atoms with E-state index < -0.39 is 0 Å². The fraction of sp³-hybridized carbons (Fsp3) is 0.364. The van der Waals surface area contributed by atoms with E-state index in [9.17, 15) is 4.79 Å². The molecule has 13 heavy (non-hydrogen) atoms. The number of benzene rings is 1. The Hall–Kier alpha value is -0.820. The predicted molar refractivity (Wildman–Crippen MR) is 55.0 cm³/mol. The van der Waals surface area contributed by atoms with Crippen molar-refractivity contribution < 1.29 is 4.79 Å². The molecular formula is C11H13ClO. The molecule has 0 aliphatic rings. The monoisotopic (exact) mass is 196 g/mol. The lowest BCUT2D eigenvalue weighted by molar-refractivity contribution is -0.111. The number of rotatable bonds is 5. The Labute approximate surface area is 83.7 Å². The normalized spacial score (nSPS) is 12.4. The third-order valence-corrected chi connectivity index (χ3v) is 2.23. The molecule has 0 saturated heterocycles. The number of alkyl halides is 1. The maximum atomic E-state index is 10.6. The summed E-state index contributed by atoms with van der Waals surface area (Å²) in [5.41, 5.74) is 1.20. The second kappa shape index (κ2) is 5.76. The maximum Gasteiger partial charge on any atom is 0.123 e. The van der Waals surface area contributed by atoms with Gasteiger partial charge in [-0.05, 0) is 18.4 Å². The summed E-state index contributed by atoms with van der Waals surface area (Å²) >= 11 is 5.58. The lowest BCUT2D eigenvalue weighted by Crippen LogP contribution is -2.06. The molecule has 70 valence electrons. The third-order valence-electron chi connectivity index (χ3n) is 2.01. The van der Waals surface area contributed by atoms with Crippen LogP contribution in [0.15, 0.2) is 30.3 Å². The zero-order chi connectivity index (χ0) is 9.52. The molecule has 1 unspecified atom stereocenters. The van der Waals surface area contributed by atoms with Crippen LogP contribution in [-0.4, -0.2) is 12.2 Å². The van der Waals surface area contributed by atoms with Gasteiger partial charge in [0.2, 0.25) is 0 Å². The number of halogens is 1. The summed E-state index contributed by atoms with van der Waals surface area (Å²) in [6.07, 6.45) is 2.56. The van der Waals surface area contributed by atoms with Crippen LogP contribution in [0.4, 0.5) is 0 Å². The van der Waals surface area contributed by atoms with E-state index in [1.54, 1.807) is 0 Å². The molecule has 1 aromatic rings. The minimum Gasteiger partial charge on any atom is -0.303 e. The Balaban J connectivity index is 2.51. The van der Waals surface area contributed by atoms with E-state index in [2.05, 4.69) is 0 Å². The molecular weight excluding hydrogens is 184 g/mol. The van der Waals surface area contributed by atoms with Crippen LogP contribution in [0.3, 0.4) is 0 Å². The number of aldehydes is 1. The molecule has 1 aromatic carbocycles. The van der Waals surface area contributed by atoms with Crippen LogP contribution in [0.1, 0.15) is 12.0 Å². The van der Waals surface area contributed by atoms with Gasteiger partial charge in [0, 0.05) is 11.8 Å². The smallest absolute Gasteiger partial charge is 0.123 e. The molecule has 0 heterocycles. The largest absolute Gasteiger partial charge is 0.303 e. The Morgan fingerprint density at radius 2 is 2.00 bits per heavy atom. The fourth-order valence-electron chi connectivity index (χ4n) is 1.28. The summed E-state index contributed by atoms with van der Waals surface area (Å²) < 4.78 is 0. The highest BCUT2D eigenvalue weighted by molar-refractivity contribution is 6.17. The third kappa shape index (κ3) is 3.60. The minimum atomic E-state index is 0.0694. The van der Waals surface area contributed by atoms with Gasteiger partial charge in [0.1, 0.15) is 6.29 Å². The highest BCUT2D eigenvalue weighted by Gasteiger charge is 2.06. The second-order valence-electron chi connectivity index (χ2n) is 3.06. The van der Waals surface area contributed by atoms with Gasteiger partial charge >= 0.3 is 0 Å².